The van der Waals surface area contributed by atoms with Crippen LogP contribution in [-0.2, 0) is 17.8 Å². The predicted octanol–water partition coefficient (Wildman–Crippen LogP) is 1.21. The number of hydrogen-bond donors (Lipinski definition) is 2. The average molecular weight is 206 g/mol. The zero-order valence-corrected chi connectivity index (χ0v) is 9.29. The molecular weight excluding hydrogens is 188 g/mol. The normalized spacial score (nSPS) is 12.2. The third-order valence-electron chi connectivity index (χ3n) is 2.31. The highest BCUT2D eigenvalue weighted by Gasteiger charge is 2.05. The molecule has 0 aliphatic carbocycles. The van der Waals surface area contributed by atoms with Crippen molar-refractivity contribution in [3.8, 4) is 0 Å². The molecule has 0 saturated carbocycles. The minimum atomic E-state index is -0.445. The van der Waals surface area contributed by atoms with E-state index in [4.69, 9.17) is 5.73 Å². The van der Waals surface area contributed by atoms with E-state index in [2.05, 4.69) is 24.4 Å². The highest BCUT2D eigenvalue weighted by Crippen LogP contribution is 2.04. The van der Waals surface area contributed by atoms with Gasteiger partial charge in [-0.15, -0.1) is 0 Å². The van der Waals surface area contributed by atoms with E-state index in [1.807, 2.05) is 12.1 Å². The fraction of sp³-hybridized carbons (Fsp3) is 0.417. The molecule has 0 heterocycles. The maximum absolute atomic E-state index is 11.2. The Kier molecular flexibility index (Phi) is 4.31. The molecule has 0 radical (unpaired) electrons. The van der Waals surface area contributed by atoms with E-state index < -0.39 is 6.04 Å². The molecule has 1 aromatic carbocycles. The largest absolute Gasteiger partial charge is 0.351 e. The second-order valence-corrected chi connectivity index (χ2v) is 3.68. The molecular formula is C12H18N2O. The monoisotopic (exact) mass is 206 g/mol. The van der Waals surface area contributed by atoms with E-state index in [1.54, 1.807) is 6.92 Å². The van der Waals surface area contributed by atoms with Crippen LogP contribution in [0, 0.1) is 0 Å². The Labute approximate surface area is 90.7 Å². The molecule has 82 valence electrons. The van der Waals surface area contributed by atoms with Crippen molar-refractivity contribution in [3.63, 3.8) is 0 Å². The summed E-state index contributed by atoms with van der Waals surface area (Å²) in [5.41, 5.74) is 7.84. The van der Waals surface area contributed by atoms with Crippen molar-refractivity contribution in [3.05, 3.63) is 35.4 Å². The van der Waals surface area contributed by atoms with Gasteiger partial charge < -0.3 is 11.1 Å². The van der Waals surface area contributed by atoms with Crippen LogP contribution < -0.4 is 11.1 Å². The smallest absolute Gasteiger partial charge is 0.236 e. The molecule has 3 nitrogen and oxygen atoms in total. The van der Waals surface area contributed by atoms with Crippen LogP contribution >= 0.6 is 0 Å². The Bertz CT molecular complexity index is 317. The third-order valence-corrected chi connectivity index (χ3v) is 2.31. The van der Waals surface area contributed by atoms with Crippen molar-refractivity contribution in [1.82, 2.24) is 5.32 Å². The second kappa shape index (κ2) is 5.51. The minimum absolute atomic E-state index is 0.116. The van der Waals surface area contributed by atoms with Gasteiger partial charge in [-0.25, -0.2) is 0 Å². The van der Waals surface area contributed by atoms with Crippen molar-refractivity contribution in [2.75, 3.05) is 0 Å². The van der Waals surface area contributed by atoms with Crippen LogP contribution in [0.25, 0.3) is 0 Å². The quantitative estimate of drug-likeness (QED) is 0.778. The van der Waals surface area contributed by atoms with Gasteiger partial charge in [-0.3, -0.25) is 4.79 Å². The van der Waals surface area contributed by atoms with Crippen LogP contribution in [0.5, 0.6) is 0 Å². The van der Waals surface area contributed by atoms with E-state index in [-0.39, 0.29) is 5.91 Å². The molecule has 0 bridgehead atoms. The first-order valence-corrected chi connectivity index (χ1v) is 5.24. The first-order chi connectivity index (χ1) is 7.13. The summed E-state index contributed by atoms with van der Waals surface area (Å²) in [5, 5.41) is 2.77. The standard InChI is InChI=1S/C12H18N2O/c1-3-10-4-6-11(7-5-10)8-14-12(15)9(2)13/h4-7,9H,3,8,13H2,1-2H3,(H,14,15)/t9-/m0/s1. The lowest BCUT2D eigenvalue weighted by Crippen LogP contribution is -2.37. The molecule has 3 N–H and O–H groups in total. The molecule has 1 rings (SSSR count). The summed E-state index contributed by atoms with van der Waals surface area (Å²) in [7, 11) is 0. The van der Waals surface area contributed by atoms with Gasteiger partial charge in [0.2, 0.25) is 5.91 Å². The second-order valence-electron chi connectivity index (χ2n) is 3.68. The van der Waals surface area contributed by atoms with Gasteiger partial charge in [0.1, 0.15) is 0 Å². The summed E-state index contributed by atoms with van der Waals surface area (Å²) < 4.78 is 0. The van der Waals surface area contributed by atoms with Gasteiger partial charge in [-0.05, 0) is 24.5 Å². The molecule has 0 fully saturated rings. The van der Waals surface area contributed by atoms with Crippen LogP contribution in [0.15, 0.2) is 24.3 Å². The number of carbonyl (C=O) groups is 1. The fourth-order valence-corrected chi connectivity index (χ4v) is 1.24. The van der Waals surface area contributed by atoms with Gasteiger partial charge in [0.05, 0.1) is 6.04 Å². The number of nitrogens with two attached hydrogens (primary N) is 1. The maximum atomic E-state index is 11.2. The van der Waals surface area contributed by atoms with Crippen LogP contribution in [0.1, 0.15) is 25.0 Å². The highest BCUT2D eigenvalue weighted by molar-refractivity contribution is 5.80. The van der Waals surface area contributed by atoms with Gasteiger partial charge in [-0.2, -0.15) is 0 Å². The van der Waals surface area contributed by atoms with Gasteiger partial charge in [0.15, 0.2) is 0 Å². The number of hydrogen-bond acceptors (Lipinski definition) is 2. The number of nitrogens with one attached hydrogen (secondary N) is 1. The third kappa shape index (κ3) is 3.72. The molecule has 0 spiro atoms. The van der Waals surface area contributed by atoms with E-state index in [0.717, 1.165) is 12.0 Å². The Morgan fingerprint density at radius 3 is 2.33 bits per heavy atom. The molecule has 1 amide bonds. The Balaban J connectivity index is 2.47. The molecule has 0 aliphatic rings. The van der Waals surface area contributed by atoms with Crippen molar-refractivity contribution in [2.45, 2.75) is 32.9 Å². The molecule has 0 aromatic heterocycles. The van der Waals surface area contributed by atoms with E-state index in [9.17, 15) is 4.79 Å². The van der Waals surface area contributed by atoms with Gasteiger partial charge in [-0.1, -0.05) is 31.2 Å². The average Bonchev–Trinajstić information content (AvgIpc) is 2.26. The number of aryl methyl sites for hydroxylation is 1. The molecule has 0 aliphatic heterocycles. The molecule has 3 heteroatoms. The van der Waals surface area contributed by atoms with E-state index in [0.29, 0.717) is 6.54 Å². The Morgan fingerprint density at radius 2 is 1.87 bits per heavy atom. The lowest BCUT2D eigenvalue weighted by Gasteiger charge is -2.07. The summed E-state index contributed by atoms with van der Waals surface area (Å²) in [6.07, 6.45) is 1.03. The summed E-state index contributed by atoms with van der Waals surface area (Å²) in [5.74, 6) is -0.116. The Hall–Kier alpha value is -1.35. The number of benzene rings is 1. The van der Waals surface area contributed by atoms with Crippen molar-refractivity contribution in [1.29, 1.82) is 0 Å². The molecule has 1 atom stereocenters. The summed E-state index contributed by atoms with van der Waals surface area (Å²) in [6.45, 7) is 4.34. The lowest BCUT2D eigenvalue weighted by molar-refractivity contribution is -0.122. The minimum Gasteiger partial charge on any atom is -0.351 e. The van der Waals surface area contributed by atoms with Crippen LogP contribution in [-0.4, -0.2) is 11.9 Å². The van der Waals surface area contributed by atoms with E-state index in [1.165, 1.54) is 5.56 Å². The Morgan fingerprint density at radius 1 is 1.33 bits per heavy atom. The highest BCUT2D eigenvalue weighted by atomic mass is 16.2. The molecule has 1 aromatic rings. The zero-order valence-electron chi connectivity index (χ0n) is 9.29. The zero-order chi connectivity index (χ0) is 11.3. The summed E-state index contributed by atoms with van der Waals surface area (Å²) in [4.78, 5) is 11.2. The molecule has 0 unspecified atom stereocenters. The topological polar surface area (TPSA) is 55.1 Å². The van der Waals surface area contributed by atoms with Crippen molar-refractivity contribution >= 4 is 5.91 Å². The van der Waals surface area contributed by atoms with Crippen molar-refractivity contribution in [2.24, 2.45) is 5.73 Å². The van der Waals surface area contributed by atoms with Crippen LogP contribution in [0.3, 0.4) is 0 Å². The fourth-order valence-electron chi connectivity index (χ4n) is 1.24. The van der Waals surface area contributed by atoms with Crippen molar-refractivity contribution < 1.29 is 4.79 Å². The molecule has 15 heavy (non-hydrogen) atoms. The number of rotatable bonds is 4. The molecule has 0 saturated heterocycles. The summed E-state index contributed by atoms with van der Waals surface area (Å²) in [6, 6.07) is 7.77. The lowest BCUT2D eigenvalue weighted by atomic mass is 10.1. The SMILES string of the molecule is CCc1ccc(CNC(=O)[C@H](C)N)cc1. The van der Waals surface area contributed by atoms with Crippen LogP contribution in [0.2, 0.25) is 0 Å². The number of amides is 1. The van der Waals surface area contributed by atoms with Gasteiger partial charge in [0, 0.05) is 6.54 Å². The van der Waals surface area contributed by atoms with Crippen LogP contribution in [0.4, 0.5) is 0 Å². The first-order valence-electron chi connectivity index (χ1n) is 5.24. The maximum Gasteiger partial charge on any atom is 0.236 e. The predicted molar refractivity (Wildman–Crippen MR) is 61.3 cm³/mol. The summed E-state index contributed by atoms with van der Waals surface area (Å²) >= 11 is 0. The first kappa shape index (κ1) is 11.7. The van der Waals surface area contributed by atoms with Gasteiger partial charge >= 0.3 is 0 Å². The van der Waals surface area contributed by atoms with Gasteiger partial charge in [0.25, 0.3) is 0 Å². The number of carbonyl (C=O) groups excluding carboxylic acids is 1. The van der Waals surface area contributed by atoms with E-state index >= 15 is 0 Å².